The highest BCUT2D eigenvalue weighted by molar-refractivity contribution is 7.89. The van der Waals surface area contributed by atoms with Gasteiger partial charge in [-0.2, -0.15) is 4.31 Å². The Kier molecular flexibility index (Phi) is 5.07. The van der Waals surface area contributed by atoms with E-state index in [1.165, 1.54) is 6.07 Å². The van der Waals surface area contributed by atoms with Crippen LogP contribution in [0.3, 0.4) is 0 Å². The molecule has 96 valence electrons. The fourth-order valence-corrected chi connectivity index (χ4v) is 3.21. The van der Waals surface area contributed by atoms with Gasteiger partial charge in [0.25, 0.3) is 0 Å². The molecule has 0 saturated carbocycles. The van der Waals surface area contributed by atoms with Crippen LogP contribution < -0.4 is 0 Å². The Morgan fingerprint density at radius 1 is 1.12 bits per heavy atom. The summed E-state index contributed by atoms with van der Waals surface area (Å²) in [6.07, 6.45) is 0. The fourth-order valence-electron chi connectivity index (χ4n) is 1.56. The summed E-state index contributed by atoms with van der Waals surface area (Å²) in [5.41, 5.74) is 0.647. The minimum absolute atomic E-state index is 0.0166. The Labute approximate surface area is 101 Å². The van der Waals surface area contributed by atoms with Crippen molar-refractivity contribution in [1.29, 1.82) is 0 Å². The number of rotatable bonds is 6. The van der Waals surface area contributed by atoms with Gasteiger partial charge in [-0.1, -0.05) is 18.2 Å². The van der Waals surface area contributed by atoms with Crippen molar-refractivity contribution in [2.24, 2.45) is 0 Å². The second kappa shape index (κ2) is 6.11. The summed E-state index contributed by atoms with van der Waals surface area (Å²) in [6.45, 7) is 1.13. The van der Waals surface area contributed by atoms with Crippen molar-refractivity contribution in [3.8, 4) is 0 Å². The van der Waals surface area contributed by atoms with E-state index in [-0.39, 0.29) is 31.2 Å². The van der Waals surface area contributed by atoms with Crippen LogP contribution in [0.1, 0.15) is 5.56 Å². The van der Waals surface area contributed by atoms with E-state index in [1.807, 2.05) is 0 Å². The molecule has 0 fully saturated rings. The van der Waals surface area contributed by atoms with Crippen molar-refractivity contribution in [1.82, 2.24) is 4.31 Å². The molecule has 0 aliphatic heterocycles. The van der Waals surface area contributed by atoms with Gasteiger partial charge in [-0.25, -0.2) is 8.42 Å². The van der Waals surface area contributed by atoms with Crippen molar-refractivity contribution < 1.29 is 18.6 Å². The molecule has 0 aliphatic rings. The molecule has 17 heavy (non-hydrogen) atoms. The average molecular weight is 259 g/mol. The molecule has 0 heterocycles. The van der Waals surface area contributed by atoms with Gasteiger partial charge in [-0.3, -0.25) is 0 Å². The third-order valence-electron chi connectivity index (χ3n) is 2.41. The van der Waals surface area contributed by atoms with Crippen molar-refractivity contribution in [2.75, 3.05) is 26.3 Å². The zero-order chi connectivity index (χ0) is 12.9. The molecule has 1 rings (SSSR count). The van der Waals surface area contributed by atoms with Gasteiger partial charge >= 0.3 is 0 Å². The van der Waals surface area contributed by atoms with Gasteiger partial charge < -0.3 is 10.2 Å². The molecule has 2 N–H and O–H groups in total. The lowest BCUT2D eigenvalue weighted by Crippen LogP contribution is -2.36. The van der Waals surface area contributed by atoms with Gasteiger partial charge in [-0.05, 0) is 18.6 Å². The third kappa shape index (κ3) is 3.26. The van der Waals surface area contributed by atoms with Crippen LogP contribution in [0.4, 0.5) is 0 Å². The summed E-state index contributed by atoms with van der Waals surface area (Å²) in [6, 6.07) is 6.64. The second-order valence-electron chi connectivity index (χ2n) is 3.62. The number of aliphatic hydroxyl groups excluding tert-OH is 2. The van der Waals surface area contributed by atoms with E-state index in [9.17, 15) is 8.42 Å². The van der Waals surface area contributed by atoms with Crippen LogP contribution in [0.2, 0.25) is 0 Å². The molecule has 1 aromatic rings. The van der Waals surface area contributed by atoms with E-state index in [1.54, 1.807) is 25.1 Å². The molecule has 0 spiro atoms. The first-order valence-corrected chi connectivity index (χ1v) is 6.75. The molecule has 0 unspecified atom stereocenters. The number of hydrogen-bond donors (Lipinski definition) is 2. The smallest absolute Gasteiger partial charge is 0.243 e. The molecule has 0 radical (unpaired) electrons. The Morgan fingerprint density at radius 3 is 2.12 bits per heavy atom. The highest BCUT2D eigenvalue weighted by atomic mass is 32.2. The van der Waals surface area contributed by atoms with E-state index in [4.69, 9.17) is 10.2 Å². The first-order chi connectivity index (χ1) is 8.04. The summed E-state index contributed by atoms with van der Waals surface area (Å²) >= 11 is 0. The molecule has 0 amide bonds. The summed E-state index contributed by atoms with van der Waals surface area (Å²) in [4.78, 5) is 0.210. The average Bonchev–Trinajstić information content (AvgIpc) is 2.29. The number of benzene rings is 1. The lowest BCUT2D eigenvalue weighted by Gasteiger charge is -2.21. The Balaban J connectivity index is 3.12. The summed E-state index contributed by atoms with van der Waals surface area (Å²) in [5.74, 6) is 0. The summed E-state index contributed by atoms with van der Waals surface area (Å²) < 4.78 is 25.6. The molecule has 5 nitrogen and oxygen atoms in total. The molecule has 0 saturated heterocycles. The predicted molar refractivity (Wildman–Crippen MR) is 64.1 cm³/mol. The Morgan fingerprint density at radius 2 is 1.65 bits per heavy atom. The second-order valence-corrected chi connectivity index (χ2v) is 5.52. The number of sulfonamides is 1. The van der Waals surface area contributed by atoms with Gasteiger partial charge in [0.05, 0.1) is 18.1 Å². The molecule has 0 atom stereocenters. The van der Waals surface area contributed by atoms with Crippen LogP contribution >= 0.6 is 0 Å². The van der Waals surface area contributed by atoms with Crippen LogP contribution in [-0.2, 0) is 10.0 Å². The highest BCUT2D eigenvalue weighted by Crippen LogP contribution is 2.18. The predicted octanol–water partition coefficient (Wildman–Crippen LogP) is -0.0297. The summed E-state index contributed by atoms with van der Waals surface area (Å²) in [5, 5.41) is 17.7. The monoisotopic (exact) mass is 259 g/mol. The number of nitrogens with zero attached hydrogens (tertiary/aromatic N) is 1. The maximum absolute atomic E-state index is 12.2. The topological polar surface area (TPSA) is 77.8 Å². The number of aryl methyl sites for hydroxylation is 1. The first kappa shape index (κ1) is 14.1. The molecular formula is C11H17NO4S. The van der Waals surface area contributed by atoms with E-state index >= 15 is 0 Å². The van der Waals surface area contributed by atoms with Crippen molar-refractivity contribution in [2.45, 2.75) is 11.8 Å². The molecule has 6 heteroatoms. The maximum Gasteiger partial charge on any atom is 0.243 e. The minimum Gasteiger partial charge on any atom is -0.395 e. The van der Waals surface area contributed by atoms with Crippen LogP contribution in [0.15, 0.2) is 29.2 Å². The largest absolute Gasteiger partial charge is 0.395 e. The quantitative estimate of drug-likeness (QED) is 0.752. The van der Waals surface area contributed by atoms with Gasteiger partial charge in [-0.15, -0.1) is 0 Å². The zero-order valence-electron chi connectivity index (χ0n) is 9.70. The van der Waals surface area contributed by atoms with E-state index in [0.717, 1.165) is 4.31 Å². The van der Waals surface area contributed by atoms with Gasteiger partial charge in [0.1, 0.15) is 0 Å². The van der Waals surface area contributed by atoms with Crippen LogP contribution in [-0.4, -0.2) is 49.2 Å². The minimum atomic E-state index is -3.64. The first-order valence-electron chi connectivity index (χ1n) is 5.31. The normalized spacial score (nSPS) is 12.0. The van der Waals surface area contributed by atoms with Gasteiger partial charge in [0, 0.05) is 13.1 Å². The van der Waals surface area contributed by atoms with Crippen molar-refractivity contribution in [3.05, 3.63) is 29.8 Å². The lowest BCUT2D eigenvalue weighted by molar-refractivity contribution is 0.217. The summed E-state index contributed by atoms with van der Waals surface area (Å²) in [7, 11) is -3.64. The number of aliphatic hydroxyl groups is 2. The van der Waals surface area contributed by atoms with Crippen LogP contribution in [0, 0.1) is 6.92 Å². The van der Waals surface area contributed by atoms with Gasteiger partial charge in [0.15, 0.2) is 0 Å². The molecule has 1 aromatic carbocycles. The van der Waals surface area contributed by atoms with Crippen molar-refractivity contribution in [3.63, 3.8) is 0 Å². The van der Waals surface area contributed by atoms with Crippen LogP contribution in [0.25, 0.3) is 0 Å². The maximum atomic E-state index is 12.2. The Hall–Kier alpha value is -0.950. The van der Waals surface area contributed by atoms with E-state index in [2.05, 4.69) is 0 Å². The van der Waals surface area contributed by atoms with E-state index in [0.29, 0.717) is 5.56 Å². The fraction of sp³-hybridized carbons (Fsp3) is 0.455. The van der Waals surface area contributed by atoms with Gasteiger partial charge in [0.2, 0.25) is 10.0 Å². The highest BCUT2D eigenvalue weighted by Gasteiger charge is 2.24. The SMILES string of the molecule is Cc1ccccc1S(=O)(=O)N(CCO)CCO. The Bertz CT molecular complexity index is 452. The molecule has 0 aliphatic carbocycles. The van der Waals surface area contributed by atoms with E-state index < -0.39 is 10.0 Å². The standard InChI is InChI=1S/C11H17NO4S/c1-10-4-2-3-5-11(10)17(15,16)12(6-8-13)7-9-14/h2-5,13-14H,6-9H2,1H3. The lowest BCUT2D eigenvalue weighted by atomic mass is 10.2. The van der Waals surface area contributed by atoms with Crippen molar-refractivity contribution >= 4 is 10.0 Å². The molecule has 0 aromatic heterocycles. The molecule has 0 bridgehead atoms. The number of hydrogen-bond acceptors (Lipinski definition) is 4. The molecular weight excluding hydrogens is 242 g/mol. The van der Waals surface area contributed by atoms with Crippen LogP contribution in [0.5, 0.6) is 0 Å². The third-order valence-corrected chi connectivity index (χ3v) is 4.47. The zero-order valence-corrected chi connectivity index (χ0v) is 10.5.